The lowest BCUT2D eigenvalue weighted by Crippen LogP contribution is -2.30. The van der Waals surface area contributed by atoms with Crippen LogP contribution in [0.4, 0.5) is 0 Å². The second-order valence-corrected chi connectivity index (χ2v) is 5.48. The Hall–Kier alpha value is -1.55. The number of hydrogen-bond acceptors (Lipinski definition) is 3. The number of carbonyl (C=O) groups is 1. The minimum absolute atomic E-state index is 0.184. The van der Waals surface area contributed by atoms with E-state index in [2.05, 4.69) is 6.92 Å². The summed E-state index contributed by atoms with van der Waals surface area (Å²) in [5.74, 6) is 1.50. The van der Waals surface area contributed by atoms with Crippen LogP contribution in [0, 0.1) is 5.92 Å². The Morgan fingerprint density at radius 3 is 2.86 bits per heavy atom. The minimum Gasteiger partial charge on any atom is -0.493 e. The monoisotopic (exact) mass is 291 g/mol. The molecule has 0 spiro atoms. The quantitative estimate of drug-likeness (QED) is 0.691. The zero-order chi connectivity index (χ0) is 14.9. The molecule has 1 amide bonds. The molecule has 0 unspecified atom stereocenters. The maximum absolute atomic E-state index is 12.1. The van der Waals surface area contributed by atoms with Crippen molar-refractivity contribution in [3.05, 3.63) is 30.3 Å². The molecule has 2 rings (SSSR count). The van der Waals surface area contributed by atoms with Gasteiger partial charge >= 0.3 is 0 Å². The van der Waals surface area contributed by atoms with Crippen LogP contribution in [-0.4, -0.2) is 43.7 Å². The predicted octanol–water partition coefficient (Wildman–Crippen LogP) is 2.73. The van der Waals surface area contributed by atoms with E-state index in [9.17, 15) is 4.79 Å². The lowest BCUT2D eigenvalue weighted by Gasteiger charge is -2.17. The van der Waals surface area contributed by atoms with E-state index in [0.29, 0.717) is 18.9 Å². The maximum atomic E-state index is 12.1. The molecule has 1 aliphatic rings. The van der Waals surface area contributed by atoms with Crippen molar-refractivity contribution in [1.82, 2.24) is 4.90 Å². The molecular formula is C17H25NO3. The largest absolute Gasteiger partial charge is 0.493 e. The first-order chi connectivity index (χ1) is 10.3. The van der Waals surface area contributed by atoms with E-state index in [1.165, 1.54) is 0 Å². The number of benzene rings is 1. The van der Waals surface area contributed by atoms with Gasteiger partial charge in [0.25, 0.3) is 0 Å². The third-order valence-electron chi connectivity index (χ3n) is 3.67. The Balaban J connectivity index is 1.63. The number of carbonyl (C=O) groups excluding carboxylic acids is 1. The van der Waals surface area contributed by atoms with Crippen molar-refractivity contribution < 1.29 is 14.3 Å². The molecule has 4 heteroatoms. The highest BCUT2D eigenvalue weighted by molar-refractivity contribution is 5.76. The highest BCUT2D eigenvalue weighted by Crippen LogP contribution is 2.17. The van der Waals surface area contributed by atoms with Crippen LogP contribution in [0.1, 0.15) is 26.2 Å². The summed E-state index contributed by atoms with van der Waals surface area (Å²) >= 11 is 0. The molecule has 0 saturated carbocycles. The number of amides is 1. The van der Waals surface area contributed by atoms with E-state index >= 15 is 0 Å². The van der Waals surface area contributed by atoms with Crippen molar-refractivity contribution in [2.75, 3.05) is 32.9 Å². The van der Waals surface area contributed by atoms with Crippen molar-refractivity contribution in [3.8, 4) is 5.75 Å². The average Bonchev–Trinajstić information content (AvgIpc) is 2.97. The maximum Gasteiger partial charge on any atom is 0.226 e. The second kappa shape index (κ2) is 8.67. The van der Waals surface area contributed by atoms with E-state index in [1.807, 2.05) is 35.2 Å². The summed E-state index contributed by atoms with van der Waals surface area (Å²) in [6.45, 7) is 5.82. The molecule has 0 radical (unpaired) electrons. The highest BCUT2D eigenvalue weighted by Gasteiger charge is 2.25. The van der Waals surface area contributed by atoms with Crippen LogP contribution in [0.5, 0.6) is 5.75 Å². The molecule has 0 bridgehead atoms. The van der Waals surface area contributed by atoms with Crippen LogP contribution in [0.2, 0.25) is 0 Å². The summed E-state index contributed by atoms with van der Waals surface area (Å²) in [7, 11) is 0. The van der Waals surface area contributed by atoms with Gasteiger partial charge in [-0.25, -0.2) is 0 Å². The third kappa shape index (κ3) is 5.38. The second-order valence-electron chi connectivity index (χ2n) is 5.48. The number of hydrogen-bond donors (Lipinski definition) is 0. The van der Waals surface area contributed by atoms with Gasteiger partial charge in [-0.2, -0.15) is 0 Å². The van der Waals surface area contributed by atoms with E-state index in [4.69, 9.17) is 9.47 Å². The molecule has 116 valence electrons. The number of ether oxygens (including phenoxy) is 2. The Bertz CT molecular complexity index is 421. The van der Waals surface area contributed by atoms with Gasteiger partial charge in [-0.1, -0.05) is 25.1 Å². The summed E-state index contributed by atoms with van der Waals surface area (Å²) < 4.78 is 11.1. The molecule has 1 saturated heterocycles. The smallest absolute Gasteiger partial charge is 0.226 e. The predicted molar refractivity (Wildman–Crippen MR) is 82.4 cm³/mol. The number of rotatable bonds is 8. The van der Waals surface area contributed by atoms with Gasteiger partial charge in [0.15, 0.2) is 0 Å². The van der Waals surface area contributed by atoms with Crippen LogP contribution < -0.4 is 4.74 Å². The van der Waals surface area contributed by atoms with E-state index < -0.39 is 0 Å². The molecule has 1 aliphatic heterocycles. The van der Waals surface area contributed by atoms with Gasteiger partial charge in [0.2, 0.25) is 5.91 Å². The fourth-order valence-corrected chi connectivity index (χ4v) is 2.52. The zero-order valence-corrected chi connectivity index (χ0v) is 12.8. The van der Waals surface area contributed by atoms with Gasteiger partial charge in [-0.15, -0.1) is 0 Å². The van der Waals surface area contributed by atoms with Crippen molar-refractivity contribution in [2.24, 2.45) is 5.92 Å². The third-order valence-corrected chi connectivity index (χ3v) is 3.67. The molecule has 1 heterocycles. The Kier molecular flexibility index (Phi) is 6.54. The van der Waals surface area contributed by atoms with Crippen LogP contribution in [0.15, 0.2) is 30.3 Å². The number of likely N-dealkylation sites (tertiary alicyclic amines) is 1. The van der Waals surface area contributed by atoms with Gasteiger partial charge in [0.1, 0.15) is 5.75 Å². The summed E-state index contributed by atoms with van der Waals surface area (Å²) in [6.07, 6.45) is 2.54. The van der Waals surface area contributed by atoms with Gasteiger partial charge < -0.3 is 14.4 Å². The summed E-state index contributed by atoms with van der Waals surface area (Å²) in [6, 6.07) is 9.61. The first-order valence-corrected chi connectivity index (χ1v) is 7.83. The summed E-state index contributed by atoms with van der Waals surface area (Å²) in [5.41, 5.74) is 0. The lowest BCUT2D eigenvalue weighted by molar-refractivity contribution is -0.130. The van der Waals surface area contributed by atoms with E-state index in [0.717, 1.165) is 44.9 Å². The topological polar surface area (TPSA) is 38.8 Å². The summed E-state index contributed by atoms with van der Waals surface area (Å²) in [5, 5.41) is 0. The van der Waals surface area contributed by atoms with E-state index in [1.54, 1.807) is 0 Å². The molecule has 0 aliphatic carbocycles. The molecule has 0 aromatic heterocycles. The van der Waals surface area contributed by atoms with Crippen molar-refractivity contribution in [3.63, 3.8) is 0 Å². The van der Waals surface area contributed by atoms with Crippen LogP contribution in [0.3, 0.4) is 0 Å². The fraction of sp³-hybridized carbons (Fsp3) is 0.588. The molecular weight excluding hydrogens is 266 g/mol. The molecule has 4 nitrogen and oxygen atoms in total. The molecule has 1 atom stereocenters. The average molecular weight is 291 g/mol. The van der Waals surface area contributed by atoms with Gasteiger partial charge in [-0.05, 0) is 25.0 Å². The van der Waals surface area contributed by atoms with Crippen molar-refractivity contribution in [1.29, 1.82) is 0 Å². The normalized spacial score (nSPS) is 18.0. The molecule has 0 N–H and O–H groups in total. The van der Waals surface area contributed by atoms with Crippen LogP contribution in [0.25, 0.3) is 0 Å². The molecule has 1 aromatic rings. The zero-order valence-electron chi connectivity index (χ0n) is 12.8. The van der Waals surface area contributed by atoms with Crippen molar-refractivity contribution >= 4 is 5.91 Å². The molecule has 21 heavy (non-hydrogen) atoms. The lowest BCUT2D eigenvalue weighted by atomic mass is 10.1. The molecule has 1 fully saturated rings. The minimum atomic E-state index is 0.184. The Morgan fingerprint density at radius 1 is 1.29 bits per heavy atom. The van der Waals surface area contributed by atoms with Gasteiger partial charge in [0.05, 0.1) is 19.6 Å². The summed E-state index contributed by atoms with van der Waals surface area (Å²) in [4.78, 5) is 14.1. The van der Waals surface area contributed by atoms with E-state index in [-0.39, 0.29) is 5.91 Å². The number of para-hydroxylation sites is 1. The SMILES string of the molecule is CCCOC[C@@H]1CCN(C(=O)CCOc2ccccc2)C1. The van der Waals surface area contributed by atoms with Crippen molar-refractivity contribution in [2.45, 2.75) is 26.2 Å². The van der Waals surface area contributed by atoms with Crippen LogP contribution in [-0.2, 0) is 9.53 Å². The Labute approximate surface area is 127 Å². The first kappa shape index (κ1) is 15.8. The fourth-order valence-electron chi connectivity index (χ4n) is 2.52. The Morgan fingerprint density at radius 2 is 2.10 bits per heavy atom. The van der Waals surface area contributed by atoms with Gasteiger partial charge in [0, 0.05) is 25.6 Å². The van der Waals surface area contributed by atoms with Gasteiger partial charge in [-0.3, -0.25) is 4.79 Å². The highest BCUT2D eigenvalue weighted by atomic mass is 16.5. The molecule has 1 aromatic carbocycles. The standard InChI is InChI=1S/C17H25NO3/c1-2-11-20-14-15-8-10-18(13-15)17(19)9-12-21-16-6-4-3-5-7-16/h3-7,15H,2,8-14H2,1H3/t15-/m1/s1. The first-order valence-electron chi connectivity index (χ1n) is 7.83. The van der Waals surface area contributed by atoms with Crippen LogP contribution >= 0.6 is 0 Å². The number of nitrogens with zero attached hydrogens (tertiary/aromatic N) is 1.